The number of Topliss-reactive ketones (excluding diaryl/α,β-unsaturated/α-hetero) is 1. The van der Waals surface area contributed by atoms with Crippen molar-refractivity contribution < 1.29 is 24.2 Å². The summed E-state index contributed by atoms with van der Waals surface area (Å²) in [5.74, 6) is -0.0834. The zero-order valence-electron chi connectivity index (χ0n) is 18.3. The van der Waals surface area contributed by atoms with Crippen molar-refractivity contribution in [3.8, 4) is 17.2 Å². The largest absolute Gasteiger partial charge is 0.493 e. The molecule has 0 saturated heterocycles. The van der Waals surface area contributed by atoms with Gasteiger partial charge in [-0.2, -0.15) is 0 Å². The zero-order valence-corrected chi connectivity index (χ0v) is 19.1. The lowest BCUT2D eigenvalue weighted by molar-refractivity contribution is -0.139. The van der Waals surface area contributed by atoms with Gasteiger partial charge in [-0.05, 0) is 62.1 Å². The fourth-order valence-electron chi connectivity index (χ4n) is 4.03. The van der Waals surface area contributed by atoms with Crippen LogP contribution < -0.4 is 9.47 Å². The Morgan fingerprint density at radius 1 is 1.12 bits per heavy atom. The van der Waals surface area contributed by atoms with E-state index in [1.54, 1.807) is 36.4 Å². The van der Waals surface area contributed by atoms with E-state index in [0.29, 0.717) is 52.8 Å². The van der Waals surface area contributed by atoms with Crippen LogP contribution in [0.1, 0.15) is 52.2 Å². The summed E-state index contributed by atoms with van der Waals surface area (Å²) in [6.45, 7) is 2.39. The first kappa shape index (κ1) is 22.9. The maximum absolute atomic E-state index is 12.5. The third-order valence-electron chi connectivity index (χ3n) is 5.76. The number of aryl methyl sites for hydroxylation is 2. The van der Waals surface area contributed by atoms with E-state index in [4.69, 9.17) is 21.1 Å². The number of hydrogen-bond acceptors (Lipinski definition) is 4. The van der Waals surface area contributed by atoms with Crippen molar-refractivity contribution in [2.24, 2.45) is 0 Å². The summed E-state index contributed by atoms with van der Waals surface area (Å²) in [7, 11) is 0. The Kier molecular flexibility index (Phi) is 6.99. The van der Waals surface area contributed by atoms with Gasteiger partial charge in [-0.1, -0.05) is 41.4 Å². The molecule has 5 nitrogen and oxygen atoms in total. The van der Waals surface area contributed by atoms with Crippen LogP contribution in [0.3, 0.4) is 0 Å². The molecular weight excluding hydrogens is 440 g/mol. The molecule has 0 bridgehead atoms. The molecule has 4 rings (SSSR count). The van der Waals surface area contributed by atoms with Crippen LogP contribution in [0.5, 0.6) is 17.2 Å². The highest BCUT2D eigenvalue weighted by Gasteiger charge is 2.29. The van der Waals surface area contributed by atoms with Crippen molar-refractivity contribution >= 4 is 23.4 Å². The van der Waals surface area contributed by atoms with Crippen LogP contribution in [0.4, 0.5) is 0 Å². The molecule has 1 aliphatic rings. The first-order valence-electron chi connectivity index (χ1n) is 11.0. The molecule has 170 valence electrons. The summed E-state index contributed by atoms with van der Waals surface area (Å²) in [6, 6.07) is 18.5. The van der Waals surface area contributed by atoms with Gasteiger partial charge in [0.1, 0.15) is 17.2 Å². The molecule has 33 heavy (non-hydrogen) atoms. The number of ketones is 1. The first-order chi connectivity index (χ1) is 15.9. The predicted octanol–water partition coefficient (Wildman–Crippen LogP) is 6.60. The third kappa shape index (κ3) is 5.55. The lowest BCUT2D eigenvalue weighted by Crippen LogP contribution is -2.20. The number of carbonyl (C=O) groups is 2. The second-order valence-corrected chi connectivity index (χ2v) is 8.65. The van der Waals surface area contributed by atoms with E-state index in [1.165, 1.54) is 11.1 Å². The van der Waals surface area contributed by atoms with Crippen molar-refractivity contribution in [1.82, 2.24) is 0 Å². The molecular formula is C27H25ClO5. The Balaban J connectivity index is 1.38. The fraction of sp³-hybridized carbons (Fsp3) is 0.259. The number of benzene rings is 3. The maximum Gasteiger partial charge on any atom is 0.311 e. The number of aliphatic carboxylic acids is 1. The Morgan fingerprint density at radius 3 is 2.64 bits per heavy atom. The van der Waals surface area contributed by atoms with E-state index in [-0.39, 0.29) is 5.78 Å². The maximum atomic E-state index is 12.5. The normalized spacial score (nSPS) is 14.8. The van der Waals surface area contributed by atoms with Crippen molar-refractivity contribution in [3.05, 3.63) is 87.9 Å². The molecule has 1 atom stereocenters. The van der Waals surface area contributed by atoms with Crippen LogP contribution in [0.15, 0.2) is 60.7 Å². The minimum Gasteiger partial charge on any atom is -0.493 e. The number of hydrogen-bond donors (Lipinski definition) is 1. The monoisotopic (exact) mass is 464 g/mol. The number of rotatable bonds is 8. The van der Waals surface area contributed by atoms with Crippen LogP contribution in [0.2, 0.25) is 5.02 Å². The van der Waals surface area contributed by atoms with Gasteiger partial charge >= 0.3 is 5.97 Å². The molecule has 0 amide bonds. The standard InChI is InChI=1S/C27H25ClO5/c1-17-4-2-5-18(14-17)6-3-7-24(29)19-8-10-20(11-9-19)33-26-16-25-22(15-23(26)28)21(27(30)31)12-13-32-25/h2,4-5,8-11,14-16,21H,3,6-7,12-13H2,1H3,(H,30,31). The number of carboxylic acids is 1. The van der Waals surface area contributed by atoms with Crippen LogP contribution in [-0.4, -0.2) is 23.5 Å². The molecule has 3 aromatic rings. The topological polar surface area (TPSA) is 72.8 Å². The fourth-order valence-corrected chi connectivity index (χ4v) is 4.24. The molecule has 1 N–H and O–H groups in total. The van der Waals surface area contributed by atoms with E-state index in [2.05, 4.69) is 25.1 Å². The molecule has 1 heterocycles. The summed E-state index contributed by atoms with van der Waals surface area (Å²) >= 11 is 6.35. The minimum absolute atomic E-state index is 0.0918. The molecule has 0 aliphatic carbocycles. The zero-order chi connectivity index (χ0) is 23.4. The highest BCUT2D eigenvalue weighted by molar-refractivity contribution is 6.32. The lowest BCUT2D eigenvalue weighted by Gasteiger charge is -2.24. The average Bonchev–Trinajstić information content (AvgIpc) is 2.79. The number of halogens is 1. The Bertz CT molecular complexity index is 1170. The Labute approximate surface area is 197 Å². The van der Waals surface area contributed by atoms with E-state index in [9.17, 15) is 14.7 Å². The van der Waals surface area contributed by atoms with Gasteiger partial charge < -0.3 is 14.6 Å². The molecule has 0 fully saturated rings. The van der Waals surface area contributed by atoms with Gasteiger partial charge in [-0.3, -0.25) is 9.59 Å². The lowest BCUT2D eigenvalue weighted by atomic mass is 9.93. The molecule has 3 aromatic carbocycles. The van der Waals surface area contributed by atoms with E-state index < -0.39 is 11.9 Å². The number of carboxylic acid groups (broad SMARTS) is 1. The smallest absolute Gasteiger partial charge is 0.311 e. The van der Waals surface area contributed by atoms with Gasteiger partial charge in [-0.15, -0.1) is 0 Å². The Hall–Kier alpha value is -3.31. The van der Waals surface area contributed by atoms with Crippen molar-refractivity contribution in [3.63, 3.8) is 0 Å². The van der Waals surface area contributed by atoms with Crippen molar-refractivity contribution in [2.75, 3.05) is 6.61 Å². The van der Waals surface area contributed by atoms with Crippen LogP contribution in [0, 0.1) is 6.92 Å². The van der Waals surface area contributed by atoms with Gasteiger partial charge in [0.25, 0.3) is 0 Å². The molecule has 0 spiro atoms. The van der Waals surface area contributed by atoms with Crippen molar-refractivity contribution in [1.29, 1.82) is 0 Å². The highest BCUT2D eigenvalue weighted by atomic mass is 35.5. The van der Waals surface area contributed by atoms with Crippen LogP contribution in [-0.2, 0) is 11.2 Å². The quantitative estimate of drug-likeness (QED) is 0.380. The molecule has 0 aromatic heterocycles. The number of fused-ring (bicyclic) bond motifs is 1. The second kappa shape index (κ2) is 10.1. The Morgan fingerprint density at radius 2 is 1.91 bits per heavy atom. The number of carbonyl (C=O) groups excluding carboxylic acids is 1. The predicted molar refractivity (Wildman–Crippen MR) is 127 cm³/mol. The van der Waals surface area contributed by atoms with Gasteiger partial charge in [0.2, 0.25) is 0 Å². The first-order valence-corrected chi connectivity index (χ1v) is 11.3. The van der Waals surface area contributed by atoms with E-state index >= 15 is 0 Å². The molecule has 0 radical (unpaired) electrons. The summed E-state index contributed by atoms with van der Waals surface area (Å²) < 4.78 is 11.5. The summed E-state index contributed by atoms with van der Waals surface area (Å²) in [4.78, 5) is 24.0. The third-order valence-corrected chi connectivity index (χ3v) is 6.05. The molecule has 1 aliphatic heterocycles. The summed E-state index contributed by atoms with van der Waals surface area (Å²) in [5, 5.41) is 9.72. The molecule has 6 heteroatoms. The highest BCUT2D eigenvalue weighted by Crippen LogP contribution is 2.41. The van der Waals surface area contributed by atoms with Gasteiger partial charge in [-0.25, -0.2) is 0 Å². The van der Waals surface area contributed by atoms with E-state index in [1.807, 2.05) is 6.07 Å². The average molecular weight is 465 g/mol. The number of ether oxygens (including phenoxy) is 2. The van der Waals surface area contributed by atoms with Crippen LogP contribution >= 0.6 is 11.6 Å². The van der Waals surface area contributed by atoms with E-state index in [0.717, 1.165) is 12.8 Å². The van der Waals surface area contributed by atoms with Gasteiger partial charge in [0.15, 0.2) is 5.78 Å². The second-order valence-electron chi connectivity index (χ2n) is 8.24. The summed E-state index contributed by atoms with van der Waals surface area (Å²) in [6.07, 6.45) is 2.55. The summed E-state index contributed by atoms with van der Waals surface area (Å²) in [5.41, 5.74) is 3.65. The molecule has 0 saturated carbocycles. The SMILES string of the molecule is Cc1cccc(CCCC(=O)c2ccc(Oc3cc4c(cc3Cl)C(C(=O)O)CCO4)cc2)c1. The van der Waals surface area contributed by atoms with Crippen molar-refractivity contribution in [2.45, 2.75) is 38.5 Å². The minimum atomic E-state index is -0.900. The molecule has 1 unspecified atom stereocenters. The van der Waals surface area contributed by atoms with Gasteiger partial charge in [0, 0.05) is 23.6 Å². The van der Waals surface area contributed by atoms with Gasteiger partial charge in [0.05, 0.1) is 17.5 Å². The van der Waals surface area contributed by atoms with Crippen LogP contribution in [0.25, 0.3) is 0 Å².